The number of carbonyl (C=O) groups excluding carboxylic acids is 1. The summed E-state index contributed by atoms with van der Waals surface area (Å²) >= 11 is 0. The molecular formula is C18H20N2O4. The molecule has 0 radical (unpaired) electrons. The maximum atomic E-state index is 11.7. The van der Waals surface area contributed by atoms with E-state index >= 15 is 0 Å². The first-order valence-electron chi connectivity index (χ1n) is 7.71. The van der Waals surface area contributed by atoms with Crippen LogP contribution in [0.4, 0.5) is 0 Å². The smallest absolute Gasteiger partial charge is 0.248 e. The summed E-state index contributed by atoms with van der Waals surface area (Å²) in [5.74, 6) is 0.937. The van der Waals surface area contributed by atoms with Crippen LogP contribution in [0.1, 0.15) is 5.56 Å². The molecule has 1 fully saturated rings. The van der Waals surface area contributed by atoms with Crippen molar-refractivity contribution in [3.05, 3.63) is 60.2 Å². The number of hydrogen-bond acceptors (Lipinski definition) is 5. The van der Waals surface area contributed by atoms with Crippen LogP contribution in [0.5, 0.6) is 11.5 Å². The predicted octanol–water partition coefficient (Wildman–Crippen LogP) is 1.74. The van der Waals surface area contributed by atoms with Crippen molar-refractivity contribution in [2.75, 3.05) is 13.7 Å². The van der Waals surface area contributed by atoms with Crippen LogP contribution in [0.15, 0.2) is 54.6 Å². The van der Waals surface area contributed by atoms with E-state index in [-0.39, 0.29) is 6.04 Å². The number of primary amides is 1. The third kappa shape index (κ3) is 4.04. The first kappa shape index (κ1) is 16.3. The molecule has 2 aromatic rings. The fourth-order valence-corrected chi connectivity index (χ4v) is 2.40. The maximum Gasteiger partial charge on any atom is 0.248 e. The molecule has 1 aliphatic rings. The lowest BCUT2D eigenvalue weighted by Gasteiger charge is -2.15. The van der Waals surface area contributed by atoms with E-state index < -0.39 is 12.0 Å². The Labute approximate surface area is 140 Å². The number of nitrogens with two attached hydrogens (primary N) is 1. The van der Waals surface area contributed by atoms with Crippen molar-refractivity contribution in [1.29, 1.82) is 0 Å². The lowest BCUT2D eigenvalue weighted by Crippen LogP contribution is -2.37. The minimum Gasteiger partial charge on any atom is -0.497 e. The van der Waals surface area contributed by atoms with E-state index in [0.29, 0.717) is 18.9 Å². The zero-order chi connectivity index (χ0) is 16.9. The molecule has 0 bridgehead atoms. The molecule has 3 rings (SSSR count). The van der Waals surface area contributed by atoms with Crippen molar-refractivity contribution >= 4 is 5.91 Å². The van der Waals surface area contributed by atoms with Crippen molar-refractivity contribution in [1.82, 2.24) is 5.06 Å². The van der Waals surface area contributed by atoms with Gasteiger partial charge in [0.2, 0.25) is 5.91 Å². The third-order valence-corrected chi connectivity index (χ3v) is 3.79. The highest BCUT2D eigenvalue weighted by atomic mass is 16.7. The van der Waals surface area contributed by atoms with E-state index in [1.54, 1.807) is 24.3 Å². The zero-order valence-corrected chi connectivity index (χ0v) is 13.4. The molecule has 1 amide bonds. The first-order valence-corrected chi connectivity index (χ1v) is 7.71. The summed E-state index contributed by atoms with van der Waals surface area (Å²) in [5, 5.41) is 1.68. The fraction of sp³-hybridized carbons (Fsp3) is 0.278. The van der Waals surface area contributed by atoms with Gasteiger partial charge in [0.25, 0.3) is 0 Å². The molecule has 1 aliphatic heterocycles. The Bertz CT molecular complexity index is 675. The maximum absolute atomic E-state index is 11.7. The van der Waals surface area contributed by atoms with Crippen LogP contribution in [-0.4, -0.2) is 36.8 Å². The van der Waals surface area contributed by atoms with E-state index in [0.717, 1.165) is 11.3 Å². The summed E-state index contributed by atoms with van der Waals surface area (Å²) < 4.78 is 10.8. The molecule has 0 aliphatic carbocycles. The van der Waals surface area contributed by atoms with Gasteiger partial charge in [-0.25, -0.2) is 0 Å². The van der Waals surface area contributed by atoms with Gasteiger partial charge in [-0.1, -0.05) is 30.3 Å². The lowest BCUT2D eigenvalue weighted by molar-refractivity contribution is -0.132. The second-order valence-electron chi connectivity index (χ2n) is 5.55. The highest BCUT2D eigenvalue weighted by Gasteiger charge is 2.46. The predicted molar refractivity (Wildman–Crippen MR) is 88.3 cm³/mol. The summed E-state index contributed by atoms with van der Waals surface area (Å²) in [7, 11) is 1.61. The SMILES string of the molecule is COc1ccc(ON2C[C@@H]2[C@H](OCc2ccccc2)C(N)=O)cc1. The Morgan fingerprint density at radius 3 is 2.46 bits per heavy atom. The highest BCUT2D eigenvalue weighted by molar-refractivity contribution is 5.80. The molecule has 6 heteroatoms. The van der Waals surface area contributed by atoms with E-state index in [1.807, 2.05) is 42.5 Å². The fourth-order valence-electron chi connectivity index (χ4n) is 2.40. The topological polar surface area (TPSA) is 73.8 Å². The van der Waals surface area contributed by atoms with Crippen molar-refractivity contribution in [2.24, 2.45) is 5.73 Å². The monoisotopic (exact) mass is 328 g/mol. The second-order valence-corrected chi connectivity index (χ2v) is 5.55. The Hall–Kier alpha value is -2.57. The number of hydroxylamine groups is 2. The van der Waals surface area contributed by atoms with Crippen LogP contribution < -0.4 is 15.3 Å². The summed E-state index contributed by atoms with van der Waals surface area (Å²) in [6.07, 6.45) is -0.705. The number of amides is 1. The van der Waals surface area contributed by atoms with Gasteiger partial charge in [0.15, 0.2) is 6.10 Å². The van der Waals surface area contributed by atoms with Gasteiger partial charge in [0, 0.05) is 0 Å². The van der Waals surface area contributed by atoms with Gasteiger partial charge in [-0.2, -0.15) is 0 Å². The Kier molecular flexibility index (Phi) is 4.98. The first-order chi connectivity index (χ1) is 11.7. The van der Waals surface area contributed by atoms with E-state index in [9.17, 15) is 4.79 Å². The quantitative estimate of drug-likeness (QED) is 0.747. The van der Waals surface area contributed by atoms with E-state index in [1.165, 1.54) is 0 Å². The molecule has 1 unspecified atom stereocenters. The third-order valence-electron chi connectivity index (χ3n) is 3.79. The molecule has 6 nitrogen and oxygen atoms in total. The number of rotatable bonds is 8. The van der Waals surface area contributed by atoms with Crippen molar-refractivity contribution < 1.29 is 19.1 Å². The minimum atomic E-state index is -0.705. The molecule has 126 valence electrons. The van der Waals surface area contributed by atoms with Crippen molar-refractivity contribution in [3.8, 4) is 11.5 Å². The molecule has 1 saturated heterocycles. The zero-order valence-electron chi connectivity index (χ0n) is 13.4. The standard InChI is InChI=1S/C18H20N2O4/c1-22-14-7-9-15(10-8-14)24-20-11-16(20)17(18(19)21)23-12-13-5-3-2-4-6-13/h2-10,16-17H,11-12H2,1H3,(H2,19,21)/t16-,17+,20?/m1/s1. The lowest BCUT2D eigenvalue weighted by atomic mass is 10.2. The van der Waals surface area contributed by atoms with Crippen LogP contribution in [0.25, 0.3) is 0 Å². The van der Waals surface area contributed by atoms with Crippen LogP contribution in [-0.2, 0) is 16.1 Å². The molecule has 1 heterocycles. The number of nitrogens with zero attached hydrogens (tertiary/aromatic N) is 1. The average Bonchev–Trinajstić information content (AvgIpc) is 3.35. The van der Waals surface area contributed by atoms with Gasteiger partial charge in [0.05, 0.1) is 26.3 Å². The second kappa shape index (κ2) is 7.33. The summed E-state index contributed by atoms with van der Waals surface area (Å²) in [6, 6.07) is 16.7. The van der Waals surface area contributed by atoms with Crippen molar-refractivity contribution in [3.63, 3.8) is 0 Å². The normalized spacial score (nSPS) is 20.2. The molecule has 0 aromatic heterocycles. The summed E-state index contributed by atoms with van der Waals surface area (Å²) in [4.78, 5) is 17.4. The molecule has 2 aromatic carbocycles. The Balaban J connectivity index is 1.54. The van der Waals surface area contributed by atoms with Gasteiger partial charge < -0.3 is 20.0 Å². The van der Waals surface area contributed by atoms with Gasteiger partial charge in [-0.15, -0.1) is 5.06 Å². The summed E-state index contributed by atoms with van der Waals surface area (Å²) in [5.41, 5.74) is 6.47. The molecule has 0 saturated carbocycles. The van der Waals surface area contributed by atoms with E-state index in [2.05, 4.69) is 0 Å². The number of methoxy groups -OCH3 is 1. The van der Waals surface area contributed by atoms with Gasteiger partial charge in [-0.05, 0) is 29.8 Å². The Morgan fingerprint density at radius 2 is 1.83 bits per heavy atom. The average molecular weight is 328 g/mol. The number of hydrogen-bond donors (Lipinski definition) is 1. The largest absolute Gasteiger partial charge is 0.497 e. The molecule has 0 spiro atoms. The van der Waals surface area contributed by atoms with Crippen LogP contribution in [0, 0.1) is 0 Å². The Morgan fingerprint density at radius 1 is 1.17 bits per heavy atom. The van der Waals surface area contributed by atoms with Gasteiger partial charge >= 0.3 is 0 Å². The van der Waals surface area contributed by atoms with Crippen LogP contribution in [0.3, 0.4) is 0 Å². The number of ether oxygens (including phenoxy) is 2. The molecule has 3 atom stereocenters. The van der Waals surface area contributed by atoms with Crippen LogP contribution >= 0.6 is 0 Å². The minimum absolute atomic E-state index is 0.173. The van der Waals surface area contributed by atoms with Gasteiger partial charge in [-0.3, -0.25) is 4.79 Å². The summed E-state index contributed by atoms with van der Waals surface area (Å²) in [6.45, 7) is 0.926. The van der Waals surface area contributed by atoms with E-state index in [4.69, 9.17) is 20.0 Å². The van der Waals surface area contributed by atoms with Crippen molar-refractivity contribution in [2.45, 2.75) is 18.8 Å². The highest BCUT2D eigenvalue weighted by Crippen LogP contribution is 2.27. The number of benzene rings is 2. The molecule has 2 N–H and O–H groups in total. The molecular weight excluding hydrogens is 308 g/mol. The molecule has 24 heavy (non-hydrogen) atoms. The van der Waals surface area contributed by atoms with Crippen LogP contribution in [0.2, 0.25) is 0 Å². The number of carbonyl (C=O) groups is 1. The van der Waals surface area contributed by atoms with Gasteiger partial charge in [0.1, 0.15) is 11.5 Å².